The summed E-state index contributed by atoms with van der Waals surface area (Å²) in [7, 11) is 0. The fourth-order valence-corrected chi connectivity index (χ4v) is 1.61. The van der Waals surface area contributed by atoms with Crippen molar-refractivity contribution in [3.8, 4) is 11.5 Å². The fourth-order valence-electron chi connectivity index (χ4n) is 1.61. The Morgan fingerprint density at radius 1 is 1.44 bits per heavy atom. The molecule has 1 aromatic carbocycles. The number of phenolic OH excluding ortho intramolecular Hbond substituents is 1. The number of aromatic hydroxyl groups is 2. The molecule has 0 radical (unpaired) electrons. The molecule has 6 heteroatoms. The van der Waals surface area contributed by atoms with Crippen LogP contribution in [0.3, 0.4) is 0 Å². The zero-order valence-electron chi connectivity index (χ0n) is 9.48. The van der Waals surface area contributed by atoms with E-state index in [9.17, 15) is 19.4 Å². The topological polar surface area (TPSA) is 79.7 Å². The molecule has 0 unspecified atom stereocenters. The molecule has 0 aliphatic rings. The molecule has 0 aliphatic carbocycles. The second-order valence-corrected chi connectivity index (χ2v) is 3.52. The number of hydrogen-bond acceptors (Lipinski definition) is 5. The maximum atomic E-state index is 13.7. The van der Waals surface area contributed by atoms with Gasteiger partial charge in [0.15, 0.2) is 5.56 Å². The summed E-state index contributed by atoms with van der Waals surface area (Å²) in [6, 6.07) is 4.17. The minimum absolute atomic E-state index is 0.0514. The number of halogens is 1. The lowest BCUT2D eigenvalue weighted by Crippen LogP contribution is -2.09. The molecule has 0 aliphatic heterocycles. The van der Waals surface area contributed by atoms with Crippen molar-refractivity contribution in [1.29, 1.82) is 0 Å². The Bertz CT molecular complexity index is 627. The SMILES string of the molecule is CCOC(=O)c1c(F)nc2c(O)cccc2c1O. The fraction of sp³-hybridized carbons (Fsp3) is 0.167. The van der Waals surface area contributed by atoms with Crippen molar-refractivity contribution in [3.05, 3.63) is 29.7 Å². The van der Waals surface area contributed by atoms with E-state index >= 15 is 0 Å². The molecular weight excluding hydrogens is 241 g/mol. The lowest BCUT2D eigenvalue weighted by atomic mass is 10.1. The Labute approximate surface area is 101 Å². The van der Waals surface area contributed by atoms with Crippen LogP contribution in [0.5, 0.6) is 11.5 Å². The van der Waals surface area contributed by atoms with Crippen LogP contribution in [0, 0.1) is 5.95 Å². The zero-order chi connectivity index (χ0) is 13.3. The van der Waals surface area contributed by atoms with Gasteiger partial charge < -0.3 is 14.9 Å². The summed E-state index contributed by atoms with van der Waals surface area (Å²) < 4.78 is 18.3. The number of ether oxygens (including phenoxy) is 1. The molecule has 1 aromatic heterocycles. The van der Waals surface area contributed by atoms with Gasteiger partial charge in [-0.15, -0.1) is 0 Å². The van der Waals surface area contributed by atoms with E-state index in [0.29, 0.717) is 0 Å². The highest BCUT2D eigenvalue weighted by atomic mass is 19.1. The van der Waals surface area contributed by atoms with Gasteiger partial charge in [0.1, 0.15) is 17.0 Å². The summed E-state index contributed by atoms with van der Waals surface area (Å²) in [6.07, 6.45) is 0. The van der Waals surface area contributed by atoms with Crippen LogP contribution in [0.25, 0.3) is 10.9 Å². The first-order valence-corrected chi connectivity index (χ1v) is 5.23. The monoisotopic (exact) mass is 251 g/mol. The molecule has 2 aromatic rings. The van der Waals surface area contributed by atoms with Crippen LogP contribution in [-0.2, 0) is 4.74 Å². The third-order valence-corrected chi connectivity index (χ3v) is 2.40. The van der Waals surface area contributed by atoms with Crippen molar-refractivity contribution in [1.82, 2.24) is 4.98 Å². The molecule has 0 atom stereocenters. The Kier molecular flexibility index (Phi) is 3.01. The van der Waals surface area contributed by atoms with Gasteiger partial charge in [-0.3, -0.25) is 0 Å². The Morgan fingerprint density at radius 2 is 2.17 bits per heavy atom. The van der Waals surface area contributed by atoms with E-state index in [1.807, 2.05) is 0 Å². The third kappa shape index (κ3) is 1.81. The number of esters is 1. The van der Waals surface area contributed by atoms with Crippen LogP contribution in [-0.4, -0.2) is 27.8 Å². The van der Waals surface area contributed by atoms with Crippen molar-refractivity contribution < 1.29 is 24.1 Å². The minimum atomic E-state index is -1.18. The number of carbonyl (C=O) groups excluding carboxylic acids is 1. The normalized spacial score (nSPS) is 10.6. The summed E-state index contributed by atoms with van der Waals surface area (Å²) >= 11 is 0. The quantitative estimate of drug-likeness (QED) is 0.630. The number of fused-ring (bicyclic) bond motifs is 1. The van der Waals surface area contributed by atoms with Crippen molar-refractivity contribution in [3.63, 3.8) is 0 Å². The third-order valence-electron chi connectivity index (χ3n) is 2.40. The summed E-state index contributed by atoms with van der Waals surface area (Å²) in [5.41, 5.74) is -0.740. The van der Waals surface area contributed by atoms with Gasteiger partial charge >= 0.3 is 5.97 Å². The predicted octanol–water partition coefficient (Wildman–Crippen LogP) is 1.96. The molecular formula is C12H10FNO4. The first-order valence-electron chi connectivity index (χ1n) is 5.23. The lowest BCUT2D eigenvalue weighted by Gasteiger charge is -2.08. The smallest absolute Gasteiger partial charge is 0.346 e. The van der Waals surface area contributed by atoms with Gasteiger partial charge in [0.2, 0.25) is 5.95 Å². The van der Waals surface area contributed by atoms with E-state index in [-0.39, 0.29) is 23.3 Å². The highest BCUT2D eigenvalue weighted by Gasteiger charge is 2.23. The zero-order valence-corrected chi connectivity index (χ0v) is 9.48. The average molecular weight is 251 g/mol. The Hall–Kier alpha value is -2.37. The van der Waals surface area contributed by atoms with E-state index < -0.39 is 23.2 Å². The van der Waals surface area contributed by atoms with Gasteiger partial charge in [-0.05, 0) is 19.1 Å². The largest absolute Gasteiger partial charge is 0.506 e. The van der Waals surface area contributed by atoms with E-state index in [0.717, 1.165) is 0 Å². The van der Waals surface area contributed by atoms with Crippen molar-refractivity contribution in [2.24, 2.45) is 0 Å². The number of aromatic nitrogens is 1. The van der Waals surface area contributed by atoms with Crippen molar-refractivity contribution in [2.45, 2.75) is 6.92 Å². The Morgan fingerprint density at radius 3 is 2.83 bits per heavy atom. The van der Waals surface area contributed by atoms with E-state index in [1.165, 1.54) is 18.2 Å². The van der Waals surface area contributed by atoms with Crippen LogP contribution >= 0.6 is 0 Å². The van der Waals surface area contributed by atoms with Gasteiger partial charge in [-0.1, -0.05) is 6.07 Å². The first kappa shape index (κ1) is 12.1. The predicted molar refractivity (Wildman–Crippen MR) is 61.0 cm³/mol. The summed E-state index contributed by atoms with van der Waals surface area (Å²) in [6.45, 7) is 1.61. The summed E-state index contributed by atoms with van der Waals surface area (Å²) in [4.78, 5) is 15.0. The molecule has 0 bridgehead atoms. The van der Waals surface area contributed by atoms with E-state index in [2.05, 4.69) is 9.72 Å². The second kappa shape index (κ2) is 4.48. The van der Waals surface area contributed by atoms with Crippen molar-refractivity contribution in [2.75, 3.05) is 6.61 Å². The minimum Gasteiger partial charge on any atom is -0.506 e. The van der Waals surface area contributed by atoms with Crippen LogP contribution in [0.15, 0.2) is 18.2 Å². The molecule has 0 spiro atoms. The average Bonchev–Trinajstić information content (AvgIpc) is 2.31. The standard InChI is InChI=1S/C12H10FNO4/c1-2-18-12(17)8-10(16)6-4-3-5-7(15)9(6)14-11(8)13/h3-5,15H,2H2,1H3,(H,14,16). The maximum absolute atomic E-state index is 13.7. The summed E-state index contributed by atoms with van der Waals surface area (Å²) in [5.74, 6) is -3.05. The van der Waals surface area contributed by atoms with Gasteiger partial charge in [-0.25, -0.2) is 9.78 Å². The molecule has 0 saturated carbocycles. The highest BCUT2D eigenvalue weighted by molar-refractivity contribution is 6.00. The first-order chi connectivity index (χ1) is 8.56. The van der Waals surface area contributed by atoms with E-state index in [4.69, 9.17) is 0 Å². The summed E-state index contributed by atoms with van der Waals surface area (Å²) in [5, 5.41) is 19.4. The van der Waals surface area contributed by atoms with E-state index in [1.54, 1.807) is 6.92 Å². The Balaban J connectivity index is 2.73. The van der Waals surface area contributed by atoms with Gasteiger partial charge in [0, 0.05) is 5.39 Å². The molecule has 0 fully saturated rings. The molecule has 1 heterocycles. The number of phenols is 1. The number of rotatable bonds is 2. The van der Waals surface area contributed by atoms with Crippen molar-refractivity contribution >= 4 is 16.9 Å². The number of pyridine rings is 1. The number of para-hydroxylation sites is 1. The molecule has 2 rings (SSSR count). The lowest BCUT2D eigenvalue weighted by molar-refractivity contribution is 0.0516. The maximum Gasteiger partial charge on any atom is 0.346 e. The molecule has 5 nitrogen and oxygen atoms in total. The van der Waals surface area contributed by atoms with Gasteiger partial charge in [-0.2, -0.15) is 4.39 Å². The number of hydrogen-bond donors (Lipinski definition) is 2. The number of benzene rings is 1. The molecule has 0 saturated heterocycles. The molecule has 94 valence electrons. The molecule has 18 heavy (non-hydrogen) atoms. The van der Waals surface area contributed by atoms with Crippen LogP contribution < -0.4 is 0 Å². The highest BCUT2D eigenvalue weighted by Crippen LogP contribution is 2.33. The number of nitrogens with zero attached hydrogens (tertiary/aromatic N) is 1. The number of carbonyl (C=O) groups is 1. The van der Waals surface area contributed by atoms with Crippen LogP contribution in [0.1, 0.15) is 17.3 Å². The second-order valence-electron chi connectivity index (χ2n) is 3.52. The van der Waals surface area contributed by atoms with Gasteiger partial charge in [0.25, 0.3) is 0 Å². The van der Waals surface area contributed by atoms with Crippen LogP contribution in [0.4, 0.5) is 4.39 Å². The molecule has 2 N–H and O–H groups in total. The van der Waals surface area contributed by atoms with Crippen LogP contribution in [0.2, 0.25) is 0 Å². The molecule has 0 amide bonds. The van der Waals surface area contributed by atoms with Gasteiger partial charge in [0.05, 0.1) is 6.61 Å².